The molecule has 1 aliphatic heterocycles. The molecule has 0 aromatic heterocycles. The van der Waals surface area contributed by atoms with Crippen LogP contribution in [0.2, 0.25) is 0 Å². The van der Waals surface area contributed by atoms with E-state index in [4.69, 9.17) is 4.74 Å². The number of hydrogen-bond donors (Lipinski definition) is 1. The summed E-state index contributed by atoms with van der Waals surface area (Å²) in [5.74, 6) is -0.991. The number of carbonyl (C=O) groups excluding carboxylic acids is 3. The Balaban J connectivity index is 1.48. The Bertz CT molecular complexity index is 1180. The minimum absolute atomic E-state index is 0.0306. The number of fused-ring (bicyclic) bond motifs is 2. The maximum absolute atomic E-state index is 13.8. The van der Waals surface area contributed by atoms with Gasteiger partial charge in [-0.1, -0.05) is 87.6 Å². The summed E-state index contributed by atoms with van der Waals surface area (Å²) in [6.07, 6.45) is 11.6. The van der Waals surface area contributed by atoms with Crippen LogP contribution in [0, 0.1) is 11.3 Å². The van der Waals surface area contributed by atoms with Gasteiger partial charge in [0.05, 0.1) is 6.61 Å². The molecule has 0 saturated carbocycles. The van der Waals surface area contributed by atoms with E-state index in [1.807, 2.05) is 36.1 Å². The van der Waals surface area contributed by atoms with Crippen molar-refractivity contribution in [2.75, 3.05) is 13.2 Å². The summed E-state index contributed by atoms with van der Waals surface area (Å²) in [5, 5.41) is 5.28. The smallest absolute Gasteiger partial charge is 0.318 e. The zero-order valence-electron chi connectivity index (χ0n) is 23.7. The second-order valence-electron chi connectivity index (χ2n) is 11.1. The van der Waals surface area contributed by atoms with Gasteiger partial charge in [0.1, 0.15) is 5.41 Å². The molecule has 2 aromatic carbocycles. The van der Waals surface area contributed by atoms with Gasteiger partial charge in [-0.2, -0.15) is 0 Å². The SMILES string of the molecule is CCCCCCCCN1C(=O)[C@H](CC(=O)NCc2cccc3ccccc23)C[C@@]2(C(=O)OCC)CCCC=C12. The van der Waals surface area contributed by atoms with E-state index in [1.54, 1.807) is 0 Å². The minimum atomic E-state index is -0.842. The summed E-state index contributed by atoms with van der Waals surface area (Å²) in [6.45, 7) is 5.31. The van der Waals surface area contributed by atoms with E-state index in [2.05, 4.69) is 36.5 Å². The van der Waals surface area contributed by atoms with Gasteiger partial charge in [0, 0.05) is 31.1 Å². The Kier molecular flexibility index (Phi) is 10.2. The van der Waals surface area contributed by atoms with Crippen molar-refractivity contribution in [3.8, 4) is 0 Å². The fourth-order valence-electron chi connectivity index (χ4n) is 6.32. The average molecular weight is 533 g/mol. The Morgan fingerprint density at radius 2 is 1.79 bits per heavy atom. The number of nitrogens with one attached hydrogen (secondary N) is 1. The molecule has 0 radical (unpaired) electrons. The zero-order valence-corrected chi connectivity index (χ0v) is 23.7. The molecule has 1 N–H and O–H groups in total. The van der Waals surface area contributed by atoms with Crippen molar-refractivity contribution in [2.24, 2.45) is 11.3 Å². The molecule has 1 fully saturated rings. The molecular formula is C33H44N2O4. The number of esters is 1. The predicted octanol–water partition coefficient (Wildman–Crippen LogP) is 6.67. The van der Waals surface area contributed by atoms with Crippen molar-refractivity contribution in [2.45, 2.75) is 91.0 Å². The summed E-state index contributed by atoms with van der Waals surface area (Å²) >= 11 is 0. The molecule has 0 unspecified atom stereocenters. The number of hydrogen-bond acceptors (Lipinski definition) is 4. The van der Waals surface area contributed by atoms with Gasteiger partial charge in [-0.15, -0.1) is 0 Å². The van der Waals surface area contributed by atoms with Crippen molar-refractivity contribution >= 4 is 28.6 Å². The number of nitrogens with zero attached hydrogens (tertiary/aromatic N) is 1. The molecule has 4 rings (SSSR count). The van der Waals surface area contributed by atoms with Crippen LogP contribution in [0.15, 0.2) is 54.2 Å². The molecule has 6 nitrogen and oxygen atoms in total. The Labute approximate surface area is 233 Å². The van der Waals surface area contributed by atoms with Crippen molar-refractivity contribution in [1.82, 2.24) is 10.2 Å². The number of rotatable bonds is 13. The number of benzene rings is 2. The van der Waals surface area contributed by atoms with E-state index in [0.717, 1.165) is 54.1 Å². The minimum Gasteiger partial charge on any atom is -0.465 e. The van der Waals surface area contributed by atoms with Gasteiger partial charge >= 0.3 is 5.97 Å². The quantitative estimate of drug-likeness (QED) is 0.231. The molecule has 1 heterocycles. The van der Waals surface area contributed by atoms with E-state index in [-0.39, 0.29) is 24.2 Å². The van der Waals surface area contributed by atoms with Crippen molar-refractivity contribution in [3.63, 3.8) is 0 Å². The van der Waals surface area contributed by atoms with Crippen LogP contribution in [0.1, 0.15) is 90.0 Å². The van der Waals surface area contributed by atoms with E-state index in [0.29, 0.717) is 32.5 Å². The molecule has 0 spiro atoms. The zero-order chi connectivity index (χ0) is 27.7. The van der Waals surface area contributed by atoms with Gasteiger partial charge in [-0.05, 0) is 55.4 Å². The van der Waals surface area contributed by atoms with Crippen LogP contribution >= 0.6 is 0 Å². The lowest BCUT2D eigenvalue weighted by molar-refractivity contribution is -0.162. The van der Waals surface area contributed by atoms with Crippen molar-refractivity contribution < 1.29 is 19.1 Å². The monoisotopic (exact) mass is 532 g/mol. The molecule has 1 saturated heterocycles. The second kappa shape index (κ2) is 13.8. The van der Waals surface area contributed by atoms with E-state index >= 15 is 0 Å². The largest absolute Gasteiger partial charge is 0.465 e. The Hall–Kier alpha value is -3.15. The lowest BCUT2D eigenvalue weighted by atomic mass is 9.66. The number of piperidine rings is 1. The van der Waals surface area contributed by atoms with Crippen molar-refractivity contribution in [1.29, 1.82) is 0 Å². The van der Waals surface area contributed by atoms with Crippen LogP contribution in [0.3, 0.4) is 0 Å². The number of amides is 2. The highest BCUT2D eigenvalue weighted by molar-refractivity contribution is 5.92. The van der Waals surface area contributed by atoms with E-state index < -0.39 is 11.3 Å². The van der Waals surface area contributed by atoms with Crippen LogP contribution in [0.4, 0.5) is 0 Å². The van der Waals surface area contributed by atoms with Gasteiger partial charge in [-0.3, -0.25) is 14.4 Å². The highest BCUT2D eigenvalue weighted by Gasteiger charge is 2.54. The number of likely N-dealkylation sites (tertiary alicyclic amines) is 1. The van der Waals surface area contributed by atoms with Crippen molar-refractivity contribution in [3.05, 3.63) is 59.8 Å². The first-order valence-electron chi connectivity index (χ1n) is 14.9. The lowest BCUT2D eigenvalue weighted by Crippen LogP contribution is -2.54. The van der Waals surface area contributed by atoms with Gasteiger partial charge in [0.15, 0.2) is 0 Å². The van der Waals surface area contributed by atoms with Gasteiger partial charge in [0.2, 0.25) is 11.8 Å². The maximum Gasteiger partial charge on any atom is 0.318 e. The topological polar surface area (TPSA) is 75.7 Å². The molecule has 1 aliphatic carbocycles. The molecule has 2 aromatic rings. The average Bonchev–Trinajstić information content (AvgIpc) is 2.95. The number of ether oxygens (including phenoxy) is 1. The van der Waals surface area contributed by atoms with Crippen LogP contribution in [-0.4, -0.2) is 35.8 Å². The Morgan fingerprint density at radius 3 is 2.62 bits per heavy atom. The third-order valence-electron chi connectivity index (χ3n) is 8.33. The van der Waals surface area contributed by atoms with Gasteiger partial charge in [0.25, 0.3) is 0 Å². The standard InChI is InChI=1S/C33H44N2O4/c1-3-5-6-7-8-13-21-35-29-19-11-12-20-33(29,32(38)39-4-2)23-27(31(35)37)22-30(36)34-24-26-17-14-16-25-15-9-10-18-28(25)26/h9-10,14-19,27H,3-8,11-13,20-24H2,1-2H3,(H,34,36)/t27-,33+/m1/s1. The van der Waals surface area contributed by atoms with Gasteiger partial charge in [-0.25, -0.2) is 0 Å². The van der Waals surface area contributed by atoms with Crippen LogP contribution in [-0.2, 0) is 25.7 Å². The molecule has 2 atom stereocenters. The molecule has 2 amide bonds. The number of unbranched alkanes of at least 4 members (excludes halogenated alkanes) is 5. The molecule has 0 bridgehead atoms. The molecular weight excluding hydrogens is 488 g/mol. The normalized spacial score (nSPS) is 20.9. The first-order chi connectivity index (χ1) is 19.0. The summed E-state index contributed by atoms with van der Waals surface area (Å²) in [5.41, 5.74) is 1.02. The fraction of sp³-hybridized carbons (Fsp3) is 0.545. The third kappa shape index (κ3) is 6.71. The summed E-state index contributed by atoms with van der Waals surface area (Å²) in [6, 6.07) is 14.2. The highest BCUT2D eigenvalue weighted by Crippen LogP contribution is 2.50. The van der Waals surface area contributed by atoms with E-state index in [1.165, 1.54) is 19.3 Å². The molecule has 2 aliphatic rings. The summed E-state index contributed by atoms with van der Waals surface area (Å²) < 4.78 is 5.58. The molecule has 6 heteroatoms. The number of allylic oxidation sites excluding steroid dienone is 1. The third-order valence-corrected chi connectivity index (χ3v) is 8.33. The maximum atomic E-state index is 13.8. The predicted molar refractivity (Wildman–Crippen MR) is 155 cm³/mol. The number of carbonyl (C=O) groups is 3. The van der Waals surface area contributed by atoms with Crippen LogP contribution in [0.25, 0.3) is 10.8 Å². The summed E-state index contributed by atoms with van der Waals surface area (Å²) in [4.78, 5) is 42.2. The Morgan fingerprint density at radius 1 is 1.03 bits per heavy atom. The first-order valence-corrected chi connectivity index (χ1v) is 14.9. The second-order valence-corrected chi connectivity index (χ2v) is 11.1. The van der Waals surface area contributed by atoms with E-state index in [9.17, 15) is 14.4 Å². The van der Waals surface area contributed by atoms with Gasteiger partial charge < -0.3 is 15.0 Å². The molecule has 210 valence electrons. The van der Waals surface area contributed by atoms with Crippen LogP contribution < -0.4 is 5.32 Å². The van der Waals surface area contributed by atoms with Crippen LogP contribution in [0.5, 0.6) is 0 Å². The lowest BCUT2D eigenvalue weighted by Gasteiger charge is -2.48. The summed E-state index contributed by atoms with van der Waals surface area (Å²) in [7, 11) is 0. The highest BCUT2D eigenvalue weighted by atomic mass is 16.5. The molecule has 39 heavy (non-hydrogen) atoms. The first kappa shape index (κ1) is 28.8. The fourth-order valence-corrected chi connectivity index (χ4v) is 6.32.